The maximum Gasteiger partial charge on any atom is 0.310 e. The lowest BCUT2D eigenvalue weighted by atomic mass is 10.0. The van der Waals surface area contributed by atoms with Crippen molar-refractivity contribution in [3.8, 4) is 0 Å². The summed E-state index contributed by atoms with van der Waals surface area (Å²) in [6.07, 6.45) is 40.1. The van der Waals surface area contributed by atoms with Crippen molar-refractivity contribution in [3.05, 3.63) is 70.8 Å². The molecule has 2 aromatic rings. The Morgan fingerprint density at radius 1 is 0.354 bits per heavy atom. The van der Waals surface area contributed by atoms with Crippen molar-refractivity contribution in [2.45, 2.75) is 213 Å². The van der Waals surface area contributed by atoms with Crippen LogP contribution in [0.5, 0.6) is 0 Å². The van der Waals surface area contributed by atoms with Crippen LogP contribution in [-0.4, -0.2) is 88.5 Å². The Labute approximate surface area is 422 Å². The van der Waals surface area contributed by atoms with E-state index in [4.69, 9.17) is 9.47 Å². The van der Waals surface area contributed by atoms with E-state index in [1.54, 1.807) is 0 Å². The second-order valence-corrected chi connectivity index (χ2v) is 20.6. The number of likely N-dealkylation sites (N-methyl/N-ethyl adjacent to an activating group) is 2. The van der Waals surface area contributed by atoms with Gasteiger partial charge < -0.3 is 52.4 Å². The first kappa shape index (κ1) is 63.3. The van der Waals surface area contributed by atoms with E-state index in [1.165, 1.54) is 191 Å². The van der Waals surface area contributed by atoms with Gasteiger partial charge in [0.25, 0.3) is 0 Å². The molecular formula is C57H100Br2N2O4. The monoisotopic (exact) mass is 1030 g/mol. The number of hydrogen-bond acceptors (Lipinski definition) is 4. The summed E-state index contributed by atoms with van der Waals surface area (Å²) >= 11 is 0. The minimum absolute atomic E-state index is 0. The zero-order valence-corrected chi connectivity index (χ0v) is 46.2. The van der Waals surface area contributed by atoms with Crippen LogP contribution < -0.4 is 34.0 Å². The topological polar surface area (TPSA) is 52.6 Å². The molecule has 65 heavy (non-hydrogen) atoms. The van der Waals surface area contributed by atoms with Crippen LogP contribution in [0.4, 0.5) is 0 Å². The van der Waals surface area contributed by atoms with Gasteiger partial charge in [-0.2, -0.15) is 0 Å². The summed E-state index contributed by atoms with van der Waals surface area (Å²) in [6, 6.07) is 16.6. The number of unbranched alkanes of at least 4 members (excludes halogenated alkanes) is 26. The highest BCUT2D eigenvalue weighted by molar-refractivity contribution is 5.73. The second kappa shape index (κ2) is 41.3. The Bertz CT molecular complexity index is 1290. The molecule has 0 saturated heterocycles. The van der Waals surface area contributed by atoms with Crippen LogP contribution in [0.2, 0.25) is 0 Å². The van der Waals surface area contributed by atoms with Gasteiger partial charge in [-0.25, -0.2) is 0 Å². The minimum atomic E-state index is -0.156. The van der Waals surface area contributed by atoms with Gasteiger partial charge in [0.2, 0.25) is 0 Å². The number of nitrogens with zero attached hydrogens (tertiary/aromatic N) is 2. The molecule has 0 fully saturated rings. The first-order valence-electron chi connectivity index (χ1n) is 26.6. The molecular weight excluding hydrogens is 936 g/mol. The molecule has 0 N–H and O–H groups in total. The van der Waals surface area contributed by atoms with Crippen LogP contribution in [0, 0.1) is 0 Å². The van der Waals surface area contributed by atoms with Gasteiger partial charge >= 0.3 is 11.9 Å². The number of ether oxygens (including phenoxy) is 2. The number of carbonyl (C=O) groups is 2. The highest BCUT2D eigenvalue weighted by Gasteiger charge is 2.17. The average Bonchev–Trinajstić information content (AvgIpc) is 3.25. The van der Waals surface area contributed by atoms with Gasteiger partial charge in [-0.3, -0.25) is 9.59 Å². The second-order valence-electron chi connectivity index (χ2n) is 20.6. The number of esters is 2. The van der Waals surface area contributed by atoms with Gasteiger partial charge in [-0.1, -0.05) is 216 Å². The zero-order valence-electron chi connectivity index (χ0n) is 43.1. The van der Waals surface area contributed by atoms with Crippen molar-refractivity contribution in [1.82, 2.24) is 0 Å². The van der Waals surface area contributed by atoms with E-state index >= 15 is 0 Å². The fourth-order valence-corrected chi connectivity index (χ4v) is 8.73. The number of halogens is 2. The number of benzene rings is 2. The van der Waals surface area contributed by atoms with Crippen molar-refractivity contribution >= 4 is 11.9 Å². The Hall–Kier alpha value is -1.74. The minimum Gasteiger partial charge on any atom is -1.00 e. The van der Waals surface area contributed by atoms with Crippen molar-refractivity contribution in [2.24, 2.45) is 0 Å². The van der Waals surface area contributed by atoms with Crippen molar-refractivity contribution in [3.63, 3.8) is 0 Å². The summed E-state index contributed by atoms with van der Waals surface area (Å²) in [4.78, 5) is 25.3. The molecule has 0 heterocycles. The maximum absolute atomic E-state index is 12.6. The first-order chi connectivity index (χ1) is 30.5. The van der Waals surface area contributed by atoms with Crippen molar-refractivity contribution in [2.75, 3.05) is 67.6 Å². The van der Waals surface area contributed by atoms with Crippen LogP contribution >= 0.6 is 0 Å². The van der Waals surface area contributed by atoms with E-state index in [1.807, 2.05) is 24.3 Å². The molecule has 0 atom stereocenters. The summed E-state index contributed by atoms with van der Waals surface area (Å²) in [5.74, 6) is -0.312. The van der Waals surface area contributed by atoms with Crippen LogP contribution in [0.3, 0.4) is 0 Å². The molecule has 0 saturated carbocycles. The summed E-state index contributed by atoms with van der Waals surface area (Å²) < 4.78 is 13.1. The van der Waals surface area contributed by atoms with Crippen LogP contribution in [-0.2, 0) is 38.3 Å². The molecule has 2 aromatic carbocycles. The maximum atomic E-state index is 12.6. The zero-order chi connectivity index (χ0) is 45.7. The Balaban J connectivity index is 0.0000205. The standard InChI is InChI=1S/C57H100N2O4.2BrH/c1-7-9-11-13-15-17-19-21-23-25-27-29-31-33-43-58(3,4)45-47-62-56(60)50-54-39-35-52(36-40-54)49-53-37-41-55(42-38-53)51-57(61)63-48-46-59(5,6)44-34-32-30-28-26-24-22-20-18-16-14-12-10-8-2;;/h35-42H,7-34,43-51H2,1-6H3;2*1H/q+2;;/p-2. The molecule has 376 valence electrons. The van der Waals surface area contributed by atoms with Gasteiger partial charge in [0, 0.05) is 0 Å². The fraction of sp³-hybridized carbons (Fsp3) is 0.754. The Morgan fingerprint density at radius 2 is 0.585 bits per heavy atom. The molecule has 0 spiro atoms. The molecule has 6 nitrogen and oxygen atoms in total. The molecule has 0 bridgehead atoms. The summed E-state index contributed by atoms with van der Waals surface area (Å²) in [5, 5.41) is 0. The third-order valence-electron chi connectivity index (χ3n) is 13.3. The molecule has 0 radical (unpaired) electrons. The lowest BCUT2D eigenvalue weighted by Gasteiger charge is -2.29. The molecule has 2 rings (SSSR count). The Kier molecular flexibility index (Phi) is 40.1. The predicted octanol–water partition coefficient (Wildman–Crippen LogP) is 8.57. The molecule has 0 aromatic heterocycles. The van der Waals surface area contributed by atoms with Gasteiger partial charge in [-0.15, -0.1) is 0 Å². The lowest BCUT2D eigenvalue weighted by molar-refractivity contribution is -0.890. The van der Waals surface area contributed by atoms with Gasteiger partial charge in [0.05, 0.1) is 54.1 Å². The number of hydrogen-bond donors (Lipinski definition) is 0. The average molecular weight is 1040 g/mol. The normalized spacial score (nSPS) is 11.5. The number of rotatable bonds is 42. The third kappa shape index (κ3) is 36.9. The SMILES string of the molecule is CCCCCCCCCCCCCCCC[N+](C)(C)CCOC(=O)Cc1ccc(Cc2ccc(CC(=O)OCC[N+](C)(C)CCCCCCCCCCCCCCCC)cc2)cc1.[Br-].[Br-]. The van der Waals surface area contributed by atoms with Crippen LogP contribution in [0.15, 0.2) is 48.5 Å². The van der Waals surface area contributed by atoms with E-state index in [2.05, 4.69) is 66.3 Å². The van der Waals surface area contributed by atoms with Crippen molar-refractivity contribution in [1.29, 1.82) is 0 Å². The quantitative estimate of drug-likeness (QED) is 0.0381. The molecule has 0 aliphatic rings. The molecule has 8 heteroatoms. The van der Waals surface area contributed by atoms with Gasteiger partial charge in [0.1, 0.15) is 26.3 Å². The summed E-state index contributed by atoms with van der Waals surface area (Å²) in [6.45, 7) is 9.46. The van der Waals surface area contributed by atoms with E-state index in [9.17, 15) is 9.59 Å². The first-order valence-corrected chi connectivity index (χ1v) is 26.6. The lowest BCUT2D eigenvalue weighted by Crippen LogP contribution is -3.00. The molecule has 0 amide bonds. The Morgan fingerprint density at radius 3 is 0.846 bits per heavy atom. The van der Waals surface area contributed by atoms with Gasteiger partial charge in [-0.05, 0) is 54.4 Å². The van der Waals surface area contributed by atoms with Crippen molar-refractivity contribution < 1.29 is 62.0 Å². The molecule has 0 unspecified atom stereocenters. The third-order valence-corrected chi connectivity index (χ3v) is 13.3. The van der Waals surface area contributed by atoms with Crippen LogP contribution in [0.25, 0.3) is 0 Å². The van der Waals surface area contributed by atoms with E-state index in [-0.39, 0.29) is 45.9 Å². The van der Waals surface area contributed by atoms with Crippen LogP contribution in [0.1, 0.15) is 216 Å². The van der Waals surface area contributed by atoms with E-state index in [0.717, 1.165) is 52.7 Å². The van der Waals surface area contributed by atoms with E-state index in [0.29, 0.717) is 26.1 Å². The van der Waals surface area contributed by atoms with Gasteiger partial charge in [0.15, 0.2) is 0 Å². The predicted molar refractivity (Wildman–Crippen MR) is 269 cm³/mol. The summed E-state index contributed by atoms with van der Waals surface area (Å²) in [5.41, 5.74) is 4.34. The molecule has 0 aliphatic heterocycles. The molecule has 0 aliphatic carbocycles. The smallest absolute Gasteiger partial charge is 0.310 e. The highest BCUT2D eigenvalue weighted by Crippen LogP contribution is 2.17. The van der Waals surface area contributed by atoms with E-state index < -0.39 is 0 Å². The highest BCUT2D eigenvalue weighted by atomic mass is 79.9. The summed E-state index contributed by atoms with van der Waals surface area (Å²) in [7, 11) is 9.00. The fourth-order valence-electron chi connectivity index (χ4n) is 8.73. The number of quaternary nitrogens is 2. The number of carbonyl (C=O) groups excluding carboxylic acids is 2. The largest absolute Gasteiger partial charge is 1.00 e.